The van der Waals surface area contributed by atoms with E-state index in [2.05, 4.69) is 32.9 Å². The maximum Gasteiger partial charge on any atom is 0.401 e. The fraction of sp³-hybridized carbons (Fsp3) is 0.727. The average molecular weight is 405 g/mol. The zero-order chi connectivity index (χ0) is 13.9. The molecule has 1 N–H and O–H groups in total. The average Bonchev–Trinajstić information content (AvgIpc) is 2.86. The summed E-state index contributed by atoms with van der Waals surface area (Å²) < 4.78 is 37.9. The molecule has 1 aliphatic rings. The molecule has 0 bridgehead atoms. The number of hydrogen-bond donors (Lipinski definition) is 1. The van der Waals surface area contributed by atoms with Crippen LogP contribution in [0.15, 0.2) is 6.20 Å². The second-order valence-corrected chi connectivity index (χ2v) is 7.70. The molecule has 8 heteroatoms. The van der Waals surface area contributed by atoms with E-state index < -0.39 is 12.7 Å². The molecule has 1 aromatic rings. The number of hydrogen-bond acceptors (Lipinski definition) is 4. The lowest BCUT2D eigenvalue weighted by atomic mass is 10.1. The van der Waals surface area contributed by atoms with Crippen LogP contribution < -0.4 is 5.32 Å². The van der Waals surface area contributed by atoms with Gasteiger partial charge in [-0.2, -0.15) is 13.2 Å². The van der Waals surface area contributed by atoms with E-state index in [1.807, 2.05) is 6.20 Å². The third-order valence-electron chi connectivity index (χ3n) is 3.01. The van der Waals surface area contributed by atoms with Gasteiger partial charge in [-0.1, -0.05) is 0 Å². The van der Waals surface area contributed by atoms with E-state index in [9.17, 15) is 13.2 Å². The number of halogens is 4. The zero-order valence-corrected chi connectivity index (χ0v) is 13.2. The quantitative estimate of drug-likeness (QED) is 0.764. The minimum absolute atomic E-state index is 0.307. The molecule has 108 valence electrons. The molecule has 0 amide bonds. The highest BCUT2D eigenvalue weighted by atomic mass is 127. The summed E-state index contributed by atoms with van der Waals surface area (Å²) in [6.07, 6.45) is -1.43. The maximum atomic E-state index is 12.2. The number of likely N-dealkylation sites (tertiary alicyclic amines) is 1. The lowest BCUT2D eigenvalue weighted by molar-refractivity contribution is -0.143. The van der Waals surface area contributed by atoms with Crippen LogP contribution in [0.1, 0.15) is 11.4 Å². The van der Waals surface area contributed by atoms with E-state index in [1.54, 1.807) is 11.3 Å². The number of aromatic nitrogens is 1. The Morgan fingerprint density at radius 3 is 2.95 bits per heavy atom. The molecule has 2 heterocycles. The molecule has 1 saturated heterocycles. The molecular formula is C11H15F3IN3S. The van der Waals surface area contributed by atoms with Gasteiger partial charge in [0.1, 0.15) is 5.01 Å². The molecule has 0 aromatic carbocycles. The fourth-order valence-corrected chi connectivity index (χ4v) is 3.74. The first-order valence-corrected chi connectivity index (χ1v) is 7.92. The Balaban J connectivity index is 1.65. The monoisotopic (exact) mass is 405 g/mol. The van der Waals surface area contributed by atoms with Gasteiger partial charge in [-0.25, -0.2) is 4.98 Å². The molecular weight excluding hydrogens is 390 g/mol. The molecule has 2 rings (SSSR count). The summed E-state index contributed by atoms with van der Waals surface area (Å²) in [6, 6.07) is 0. The molecule has 0 radical (unpaired) electrons. The number of nitrogens with one attached hydrogen (secondary N) is 1. The molecule has 0 aliphatic carbocycles. The van der Waals surface area contributed by atoms with Crippen LogP contribution in [0.4, 0.5) is 13.2 Å². The molecule has 1 atom stereocenters. The number of rotatable bonds is 5. The van der Waals surface area contributed by atoms with Crippen molar-refractivity contribution >= 4 is 33.9 Å². The minimum Gasteiger partial charge on any atom is -0.310 e. The highest BCUT2D eigenvalue weighted by molar-refractivity contribution is 14.1. The van der Waals surface area contributed by atoms with Crippen LogP contribution in [0.3, 0.4) is 0 Å². The molecule has 1 fully saturated rings. The fourth-order valence-electron chi connectivity index (χ4n) is 2.23. The lowest BCUT2D eigenvalue weighted by Gasteiger charge is -2.17. The van der Waals surface area contributed by atoms with Crippen molar-refractivity contribution in [3.05, 3.63) is 14.1 Å². The van der Waals surface area contributed by atoms with Crippen molar-refractivity contribution in [1.82, 2.24) is 15.2 Å². The van der Waals surface area contributed by atoms with Gasteiger partial charge in [0.25, 0.3) is 0 Å². The summed E-state index contributed by atoms with van der Waals surface area (Å²) in [7, 11) is 0. The molecule has 19 heavy (non-hydrogen) atoms. The smallest absolute Gasteiger partial charge is 0.310 e. The summed E-state index contributed by atoms with van der Waals surface area (Å²) in [5, 5.41) is 4.30. The van der Waals surface area contributed by atoms with Gasteiger partial charge in [0, 0.05) is 13.1 Å². The van der Waals surface area contributed by atoms with E-state index >= 15 is 0 Å². The molecule has 3 nitrogen and oxygen atoms in total. The van der Waals surface area contributed by atoms with E-state index in [0.717, 1.165) is 20.9 Å². The van der Waals surface area contributed by atoms with Crippen LogP contribution in [-0.4, -0.2) is 42.2 Å². The Bertz CT molecular complexity index is 410. The molecule has 1 aliphatic heterocycles. The maximum absolute atomic E-state index is 12.2. The number of nitrogens with zero attached hydrogens (tertiary/aromatic N) is 2. The largest absolute Gasteiger partial charge is 0.401 e. The van der Waals surface area contributed by atoms with Gasteiger partial charge in [-0.3, -0.25) is 4.90 Å². The first-order valence-electron chi connectivity index (χ1n) is 6.02. The van der Waals surface area contributed by atoms with Gasteiger partial charge in [-0.05, 0) is 48.0 Å². The second-order valence-electron chi connectivity index (χ2n) is 4.69. The molecule has 0 saturated carbocycles. The molecule has 1 aromatic heterocycles. The van der Waals surface area contributed by atoms with E-state index in [-0.39, 0.29) is 0 Å². The van der Waals surface area contributed by atoms with Crippen molar-refractivity contribution in [2.45, 2.75) is 19.1 Å². The Hall–Kier alpha value is 0.0700. The summed E-state index contributed by atoms with van der Waals surface area (Å²) >= 11 is 3.85. The van der Waals surface area contributed by atoms with E-state index in [0.29, 0.717) is 25.6 Å². The first kappa shape index (κ1) is 15.5. The van der Waals surface area contributed by atoms with Crippen molar-refractivity contribution in [3.63, 3.8) is 0 Å². The summed E-state index contributed by atoms with van der Waals surface area (Å²) in [4.78, 5) is 5.72. The normalized spacial score (nSPS) is 21.2. The van der Waals surface area contributed by atoms with E-state index in [4.69, 9.17) is 0 Å². The summed E-state index contributed by atoms with van der Waals surface area (Å²) in [5.74, 6) is 0.307. The zero-order valence-electron chi connectivity index (χ0n) is 10.2. The molecule has 1 unspecified atom stereocenters. The standard InChI is InChI=1S/C11H15F3IN3S/c12-11(13,14)7-18-2-1-8(6-18)3-16-5-10-17-4-9(15)19-10/h4,8,16H,1-3,5-7H2. The Kier molecular flexibility index (Phi) is 5.44. The highest BCUT2D eigenvalue weighted by Crippen LogP contribution is 2.22. The van der Waals surface area contributed by atoms with E-state index in [1.165, 1.54) is 4.90 Å². The van der Waals surface area contributed by atoms with Crippen LogP contribution in [0.2, 0.25) is 0 Å². The number of thiazole rings is 1. The van der Waals surface area contributed by atoms with Gasteiger partial charge in [-0.15, -0.1) is 11.3 Å². The van der Waals surface area contributed by atoms with Crippen molar-refractivity contribution < 1.29 is 13.2 Å². The lowest BCUT2D eigenvalue weighted by Crippen LogP contribution is -2.33. The van der Waals surface area contributed by atoms with Crippen molar-refractivity contribution in [1.29, 1.82) is 0 Å². The van der Waals surface area contributed by atoms with Crippen LogP contribution in [0.25, 0.3) is 0 Å². The third-order valence-corrected chi connectivity index (χ3v) is 4.73. The van der Waals surface area contributed by atoms with Crippen LogP contribution in [-0.2, 0) is 6.54 Å². The van der Waals surface area contributed by atoms with Crippen LogP contribution in [0.5, 0.6) is 0 Å². The van der Waals surface area contributed by atoms with Gasteiger partial charge in [0.2, 0.25) is 0 Å². The number of alkyl halides is 3. The van der Waals surface area contributed by atoms with Crippen molar-refractivity contribution in [2.24, 2.45) is 5.92 Å². The van der Waals surface area contributed by atoms with Gasteiger partial charge >= 0.3 is 6.18 Å². The van der Waals surface area contributed by atoms with Gasteiger partial charge in [0.05, 0.1) is 15.6 Å². The Morgan fingerprint density at radius 1 is 1.53 bits per heavy atom. The van der Waals surface area contributed by atoms with Crippen molar-refractivity contribution in [2.75, 3.05) is 26.2 Å². The first-order chi connectivity index (χ1) is 8.92. The molecule has 0 spiro atoms. The highest BCUT2D eigenvalue weighted by Gasteiger charge is 2.34. The van der Waals surface area contributed by atoms with Gasteiger partial charge in [0.15, 0.2) is 0 Å². The Morgan fingerprint density at radius 2 is 2.32 bits per heavy atom. The third kappa shape index (κ3) is 5.52. The predicted octanol–water partition coefficient (Wildman–Crippen LogP) is 2.72. The minimum atomic E-state index is -4.08. The summed E-state index contributed by atoms with van der Waals surface area (Å²) in [6.45, 7) is 1.74. The summed E-state index contributed by atoms with van der Waals surface area (Å²) in [5.41, 5.74) is 0. The Labute approximate surface area is 127 Å². The van der Waals surface area contributed by atoms with Gasteiger partial charge < -0.3 is 5.32 Å². The van der Waals surface area contributed by atoms with Crippen LogP contribution >= 0.6 is 33.9 Å². The SMILES string of the molecule is FC(F)(F)CN1CCC(CNCc2ncc(I)s2)C1. The van der Waals surface area contributed by atoms with Crippen LogP contribution in [0, 0.1) is 8.80 Å². The van der Waals surface area contributed by atoms with Crippen molar-refractivity contribution in [3.8, 4) is 0 Å². The predicted molar refractivity (Wildman–Crippen MR) is 77.1 cm³/mol. The second kappa shape index (κ2) is 6.68. The topological polar surface area (TPSA) is 28.2 Å².